The number of benzene rings is 2. The van der Waals surface area contributed by atoms with E-state index in [1.165, 1.54) is 6.20 Å². The number of aliphatic carboxylic acids is 1. The molecular weight excluding hydrogens is 362 g/mol. The maximum atomic E-state index is 12.7. The van der Waals surface area contributed by atoms with E-state index in [2.05, 4.69) is 0 Å². The van der Waals surface area contributed by atoms with Crippen LogP contribution in [0.15, 0.2) is 59.5 Å². The number of nitrogens with zero attached hydrogens (tertiary/aromatic N) is 1. The molecule has 0 saturated carbocycles. The Kier molecular flexibility index (Phi) is 5.35. The van der Waals surface area contributed by atoms with Gasteiger partial charge in [0, 0.05) is 18.1 Å². The van der Waals surface area contributed by atoms with Gasteiger partial charge < -0.3 is 14.4 Å². The van der Waals surface area contributed by atoms with Crippen molar-refractivity contribution in [1.29, 1.82) is 0 Å². The van der Waals surface area contributed by atoms with E-state index < -0.39 is 29.4 Å². The molecule has 0 fully saturated rings. The van der Waals surface area contributed by atoms with Crippen LogP contribution in [-0.2, 0) is 16.1 Å². The number of hydrogen-bond donors (Lipinski definition) is 1. The molecule has 0 saturated heterocycles. The molecule has 1 N–H and O–H groups in total. The highest BCUT2D eigenvalue weighted by Gasteiger charge is 2.21. The molecule has 28 heavy (non-hydrogen) atoms. The number of carboxylic acid groups (broad SMARTS) is 1. The lowest BCUT2D eigenvalue weighted by atomic mass is 10.0. The van der Waals surface area contributed by atoms with Crippen molar-refractivity contribution in [1.82, 2.24) is 4.57 Å². The molecule has 3 rings (SSSR count). The third-order valence-corrected chi connectivity index (χ3v) is 4.33. The number of fused-ring (bicyclic) bond motifs is 1. The predicted octanol–water partition coefficient (Wildman–Crippen LogP) is 2.28. The van der Waals surface area contributed by atoms with E-state index >= 15 is 0 Å². The van der Waals surface area contributed by atoms with Crippen molar-refractivity contribution in [3.8, 4) is 5.75 Å². The topological polar surface area (TPSA) is 103 Å². The number of pyridine rings is 1. The first-order valence-corrected chi connectivity index (χ1v) is 8.45. The molecule has 0 bridgehead atoms. The van der Waals surface area contributed by atoms with Gasteiger partial charge in [-0.05, 0) is 29.8 Å². The summed E-state index contributed by atoms with van der Waals surface area (Å²) in [5, 5.41) is 9.04. The van der Waals surface area contributed by atoms with Crippen LogP contribution in [0.25, 0.3) is 10.9 Å². The first-order valence-electron chi connectivity index (χ1n) is 8.45. The minimum Gasteiger partial charge on any atom is -0.497 e. The minimum absolute atomic E-state index is 0.212. The van der Waals surface area contributed by atoms with Gasteiger partial charge in [0.05, 0.1) is 24.6 Å². The Bertz CT molecular complexity index is 1150. The van der Waals surface area contributed by atoms with Crippen LogP contribution < -0.4 is 10.2 Å². The van der Waals surface area contributed by atoms with Crippen LogP contribution in [0.2, 0.25) is 0 Å². The smallest absolute Gasteiger partial charge is 0.372 e. The number of aromatic nitrogens is 1. The number of rotatable bonds is 7. The summed E-state index contributed by atoms with van der Waals surface area (Å²) in [4.78, 5) is 47.3. The zero-order chi connectivity index (χ0) is 20.3. The fourth-order valence-corrected chi connectivity index (χ4v) is 2.96. The molecule has 1 aromatic heterocycles. The second-order valence-electron chi connectivity index (χ2n) is 6.20. The van der Waals surface area contributed by atoms with Crippen LogP contribution in [0, 0.1) is 0 Å². The zero-order valence-corrected chi connectivity index (χ0v) is 15.0. The predicted molar refractivity (Wildman–Crippen MR) is 102 cm³/mol. The molecule has 0 unspecified atom stereocenters. The first-order chi connectivity index (χ1) is 13.4. The standard InChI is InChI=1S/C21H17NO6/c1-28-14-6-4-5-13(9-14)11-22-12-16(18(23)10-19(24)21(26)27)20(25)15-7-2-3-8-17(15)22/h2-9,12H,10-11H2,1H3,(H,26,27). The molecule has 1 heterocycles. The number of methoxy groups -OCH3 is 1. The van der Waals surface area contributed by atoms with E-state index in [0.29, 0.717) is 23.2 Å². The van der Waals surface area contributed by atoms with Gasteiger partial charge >= 0.3 is 5.97 Å². The highest BCUT2D eigenvalue weighted by atomic mass is 16.5. The average Bonchev–Trinajstić information content (AvgIpc) is 2.70. The van der Waals surface area contributed by atoms with Gasteiger partial charge in [0.25, 0.3) is 0 Å². The third-order valence-electron chi connectivity index (χ3n) is 4.33. The molecule has 0 aliphatic heterocycles. The Hall–Kier alpha value is -3.74. The Morgan fingerprint density at radius 1 is 1.07 bits per heavy atom. The van der Waals surface area contributed by atoms with E-state index in [0.717, 1.165) is 5.56 Å². The van der Waals surface area contributed by atoms with Crippen molar-refractivity contribution in [2.75, 3.05) is 7.11 Å². The van der Waals surface area contributed by atoms with E-state index in [9.17, 15) is 19.2 Å². The van der Waals surface area contributed by atoms with Crippen molar-refractivity contribution in [2.45, 2.75) is 13.0 Å². The Morgan fingerprint density at radius 3 is 2.54 bits per heavy atom. The van der Waals surface area contributed by atoms with Crippen LogP contribution in [0.5, 0.6) is 5.75 Å². The van der Waals surface area contributed by atoms with Gasteiger partial charge in [-0.15, -0.1) is 0 Å². The summed E-state index contributed by atoms with van der Waals surface area (Å²) in [6.45, 7) is 0.352. The van der Waals surface area contributed by atoms with Gasteiger partial charge in [-0.1, -0.05) is 24.3 Å². The number of Topliss-reactive ketones (excluding diaryl/α,β-unsaturated/α-hetero) is 2. The fraction of sp³-hybridized carbons (Fsp3) is 0.143. The SMILES string of the molecule is COc1cccc(Cn2cc(C(=O)CC(=O)C(=O)O)c(=O)c3ccccc32)c1. The first kappa shape index (κ1) is 19.0. The summed E-state index contributed by atoms with van der Waals surface area (Å²) < 4.78 is 6.95. The van der Waals surface area contributed by atoms with Gasteiger partial charge in [-0.2, -0.15) is 0 Å². The molecule has 0 aliphatic rings. The number of hydrogen-bond acceptors (Lipinski definition) is 5. The van der Waals surface area contributed by atoms with Gasteiger partial charge in [0.2, 0.25) is 5.78 Å². The van der Waals surface area contributed by atoms with Gasteiger partial charge in [-0.25, -0.2) is 4.79 Å². The summed E-state index contributed by atoms with van der Waals surface area (Å²) in [5.41, 5.74) is 0.765. The van der Waals surface area contributed by atoms with E-state index in [1.807, 2.05) is 18.2 Å². The van der Waals surface area contributed by atoms with Crippen LogP contribution in [0.4, 0.5) is 0 Å². The number of carboxylic acids is 1. The monoisotopic (exact) mass is 379 g/mol. The molecule has 2 aromatic carbocycles. The summed E-state index contributed by atoms with van der Waals surface area (Å²) >= 11 is 0. The van der Waals surface area contributed by atoms with Crippen molar-refractivity contribution in [3.63, 3.8) is 0 Å². The normalized spacial score (nSPS) is 10.6. The van der Waals surface area contributed by atoms with Gasteiger partial charge in [0.1, 0.15) is 5.75 Å². The number of ketones is 2. The Morgan fingerprint density at radius 2 is 1.82 bits per heavy atom. The zero-order valence-electron chi connectivity index (χ0n) is 15.0. The fourth-order valence-electron chi connectivity index (χ4n) is 2.96. The largest absolute Gasteiger partial charge is 0.497 e. The molecule has 142 valence electrons. The van der Waals surface area contributed by atoms with Crippen molar-refractivity contribution >= 4 is 28.4 Å². The lowest BCUT2D eigenvalue weighted by Gasteiger charge is -2.14. The molecule has 0 atom stereocenters. The summed E-state index contributed by atoms with van der Waals surface area (Å²) in [6, 6.07) is 14.2. The van der Waals surface area contributed by atoms with E-state index in [4.69, 9.17) is 9.84 Å². The molecule has 0 aliphatic carbocycles. The molecule has 0 spiro atoms. The van der Waals surface area contributed by atoms with Crippen LogP contribution >= 0.6 is 0 Å². The third kappa shape index (κ3) is 3.83. The maximum Gasteiger partial charge on any atom is 0.372 e. The summed E-state index contributed by atoms with van der Waals surface area (Å²) in [6.07, 6.45) is 0.518. The number of para-hydroxylation sites is 1. The lowest BCUT2D eigenvalue weighted by molar-refractivity contribution is -0.148. The molecule has 0 radical (unpaired) electrons. The second-order valence-corrected chi connectivity index (χ2v) is 6.20. The highest BCUT2D eigenvalue weighted by molar-refractivity contribution is 6.37. The Balaban J connectivity index is 2.10. The molecule has 7 heteroatoms. The van der Waals surface area contributed by atoms with E-state index in [1.54, 1.807) is 42.0 Å². The Labute approximate surface area is 159 Å². The molecule has 3 aromatic rings. The quantitative estimate of drug-likeness (QED) is 0.384. The van der Waals surface area contributed by atoms with Crippen molar-refractivity contribution in [2.24, 2.45) is 0 Å². The maximum absolute atomic E-state index is 12.7. The van der Waals surface area contributed by atoms with Crippen LogP contribution in [-0.4, -0.2) is 34.3 Å². The number of carbonyl (C=O) groups excluding carboxylic acids is 2. The van der Waals surface area contributed by atoms with E-state index in [-0.39, 0.29) is 5.56 Å². The lowest BCUT2D eigenvalue weighted by Crippen LogP contribution is -2.23. The van der Waals surface area contributed by atoms with Crippen LogP contribution in [0.3, 0.4) is 0 Å². The van der Waals surface area contributed by atoms with Crippen molar-refractivity contribution < 1.29 is 24.2 Å². The second kappa shape index (κ2) is 7.87. The molecular formula is C21H17NO6. The number of carbonyl (C=O) groups is 3. The molecule has 0 amide bonds. The highest BCUT2D eigenvalue weighted by Crippen LogP contribution is 2.18. The van der Waals surface area contributed by atoms with Gasteiger partial charge in [0.15, 0.2) is 11.2 Å². The molecule has 7 nitrogen and oxygen atoms in total. The summed E-state index contributed by atoms with van der Waals surface area (Å²) in [7, 11) is 1.56. The average molecular weight is 379 g/mol. The minimum atomic E-state index is -1.70. The van der Waals surface area contributed by atoms with Gasteiger partial charge in [-0.3, -0.25) is 14.4 Å². The van der Waals surface area contributed by atoms with Crippen LogP contribution in [0.1, 0.15) is 22.3 Å². The summed E-state index contributed by atoms with van der Waals surface area (Å²) in [5.74, 6) is -3.10. The number of ether oxygens (including phenoxy) is 1. The van der Waals surface area contributed by atoms with Crippen molar-refractivity contribution in [3.05, 3.63) is 76.1 Å².